The Morgan fingerprint density at radius 3 is 1.41 bits per heavy atom. The SMILES string of the molecule is CN1CCN(C(=O)N(Cc2ccc(C(=O)CN)cc2F)c2cccc(Br)c2)CC1.CN1CCN(C(=O)N(Cc2ccc(C(=O)CNC(=O)C(F)F)cc2F)c2cccc(Br)c2)CC1. The standard InChI is InChI=1S/C23H24BrF3N4O3.C21H24BrFN4O2/c1-29-7-9-30(10-8-29)23(34)31(18-4-2-3-17(24)12-18)14-16-6-5-15(11-19(16)25)20(32)13-28-22(33)21(26)27;1-25-7-9-26(10-8-25)21(29)27(18-4-2-3-17(22)12-18)14-16-6-5-15(11-19(16)23)20(28)13-24/h2-6,11-12,21H,7-10,13-14H2,1H3,(H,28,33);2-6,11-12H,7-10,13-14,24H2,1H3. The van der Waals surface area contributed by atoms with E-state index >= 15 is 0 Å². The van der Waals surface area contributed by atoms with Crippen molar-refractivity contribution in [3.8, 4) is 0 Å². The Morgan fingerprint density at radius 1 is 0.635 bits per heavy atom. The average molecular weight is 1000 g/mol. The summed E-state index contributed by atoms with van der Waals surface area (Å²) in [6, 6.07) is 22.0. The molecular weight excluding hydrogens is 956 g/mol. The molecule has 4 aromatic carbocycles. The zero-order valence-electron chi connectivity index (χ0n) is 34.7. The predicted octanol–water partition coefficient (Wildman–Crippen LogP) is 6.63. The van der Waals surface area contributed by atoms with Gasteiger partial charge in [-0.2, -0.15) is 8.78 Å². The molecule has 2 aliphatic rings. The van der Waals surface area contributed by atoms with Crippen molar-refractivity contribution in [3.05, 3.63) is 128 Å². The van der Waals surface area contributed by atoms with E-state index in [4.69, 9.17) is 5.73 Å². The molecule has 63 heavy (non-hydrogen) atoms. The van der Waals surface area contributed by atoms with E-state index in [-0.39, 0.29) is 54.2 Å². The van der Waals surface area contributed by atoms with Crippen LogP contribution in [0.4, 0.5) is 38.5 Å². The number of carbonyl (C=O) groups excluding carboxylic acids is 5. The van der Waals surface area contributed by atoms with E-state index in [9.17, 15) is 41.5 Å². The number of likely N-dealkylation sites (N-methyl/N-ethyl adjacent to an activating group) is 2. The molecule has 0 aromatic heterocycles. The molecule has 4 aromatic rings. The molecule has 2 heterocycles. The molecule has 5 amide bonds. The summed E-state index contributed by atoms with van der Waals surface area (Å²) in [7, 11) is 4.00. The van der Waals surface area contributed by atoms with Crippen molar-refractivity contribution < 1.29 is 41.5 Å². The summed E-state index contributed by atoms with van der Waals surface area (Å²) in [5.74, 6) is -3.87. The van der Waals surface area contributed by atoms with E-state index < -0.39 is 36.3 Å². The second kappa shape index (κ2) is 22.9. The number of urea groups is 2. The molecule has 0 spiro atoms. The molecule has 3 N–H and O–H groups in total. The molecule has 0 aliphatic carbocycles. The number of benzene rings is 4. The van der Waals surface area contributed by atoms with Gasteiger partial charge in [0, 0.05) is 94.9 Å². The highest BCUT2D eigenvalue weighted by molar-refractivity contribution is 9.10. The number of piperazine rings is 2. The van der Waals surface area contributed by atoms with Gasteiger partial charge in [0.1, 0.15) is 11.6 Å². The lowest BCUT2D eigenvalue weighted by molar-refractivity contribution is -0.131. The molecule has 13 nitrogen and oxygen atoms in total. The highest BCUT2D eigenvalue weighted by Crippen LogP contribution is 2.27. The summed E-state index contributed by atoms with van der Waals surface area (Å²) in [5.41, 5.74) is 7.27. The third-order valence-corrected chi connectivity index (χ3v) is 11.4. The van der Waals surface area contributed by atoms with Gasteiger partial charge < -0.3 is 30.7 Å². The van der Waals surface area contributed by atoms with Crippen molar-refractivity contribution in [3.63, 3.8) is 0 Å². The number of nitrogens with one attached hydrogen (secondary N) is 1. The van der Waals surface area contributed by atoms with Gasteiger partial charge >= 0.3 is 18.5 Å². The zero-order chi connectivity index (χ0) is 45.8. The van der Waals surface area contributed by atoms with Gasteiger partial charge in [-0.3, -0.25) is 24.2 Å². The van der Waals surface area contributed by atoms with Crippen LogP contribution in [-0.2, 0) is 17.9 Å². The highest BCUT2D eigenvalue weighted by Gasteiger charge is 2.28. The summed E-state index contributed by atoms with van der Waals surface area (Å²) in [6.45, 7) is 4.49. The van der Waals surface area contributed by atoms with Crippen molar-refractivity contribution in [1.82, 2.24) is 24.9 Å². The van der Waals surface area contributed by atoms with Gasteiger partial charge in [0.25, 0.3) is 5.91 Å². The number of Topliss-reactive ketones (excluding diaryl/α,β-unsaturated/α-hetero) is 2. The maximum absolute atomic E-state index is 14.9. The van der Waals surface area contributed by atoms with Crippen LogP contribution in [0.5, 0.6) is 0 Å². The third kappa shape index (κ3) is 13.6. The van der Waals surface area contributed by atoms with Gasteiger partial charge in [-0.15, -0.1) is 0 Å². The number of nitrogens with two attached hydrogens (primary N) is 1. The van der Waals surface area contributed by atoms with E-state index in [2.05, 4.69) is 41.7 Å². The monoisotopic (exact) mass is 1000 g/mol. The van der Waals surface area contributed by atoms with Crippen LogP contribution in [0, 0.1) is 11.6 Å². The fourth-order valence-corrected chi connectivity index (χ4v) is 7.44. The fraction of sp³-hybridized carbons (Fsp3) is 0.341. The zero-order valence-corrected chi connectivity index (χ0v) is 37.9. The van der Waals surface area contributed by atoms with Gasteiger partial charge in [-0.05, 0) is 62.6 Å². The van der Waals surface area contributed by atoms with Crippen molar-refractivity contribution in [2.75, 3.05) is 89.3 Å². The summed E-state index contributed by atoms with van der Waals surface area (Å²) >= 11 is 6.83. The normalized spacial score (nSPS) is 14.4. The second-order valence-electron chi connectivity index (χ2n) is 15.0. The third-order valence-electron chi connectivity index (χ3n) is 10.5. The molecule has 336 valence electrons. The predicted molar refractivity (Wildman–Crippen MR) is 239 cm³/mol. The Balaban J connectivity index is 0.000000240. The number of hydrogen-bond donors (Lipinski definition) is 2. The minimum Gasteiger partial charge on any atom is -0.344 e. The van der Waals surface area contributed by atoms with Crippen LogP contribution in [-0.4, -0.2) is 135 Å². The molecule has 2 fully saturated rings. The first-order chi connectivity index (χ1) is 30.0. The first kappa shape index (κ1) is 48.8. The van der Waals surface area contributed by atoms with Crippen molar-refractivity contribution in [2.45, 2.75) is 19.5 Å². The fourth-order valence-electron chi connectivity index (χ4n) is 6.67. The Labute approximate surface area is 380 Å². The number of carbonyl (C=O) groups is 5. The van der Waals surface area contributed by atoms with Gasteiger partial charge in [0.05, 0.1) is 26.2 Å². The number of alkyl halides is 2. The quantitative estimate of drug-likeness (QED) is 0.119. The smallest absolute Gasteiger partial charge is 0.324 e. The van der Waals surface area contributed by atoms with Crippen LogP contribution in [0.1, 0.15) is 31.8 Å². The van der Waals surface area contributed by atoms with Crippen LogP contribution < -0.4 is 20.9 Å². The molecule has 19 heteroatoms. The Kier molecular flexibility index (Phi) is 17.8. The van der Waals surface area contributed by atoms with Crippen LogP contribution in [0.15, 0.2) is 93.9 Å². The van der Waals surface area contributed by atoms with Gasteiger partial charge in [-0.25, -0.2) is 18.4 Å². The van der Waals surface area contributed by atoms with Crippen LogP contribution >= 0.6 is 31.9 Å². The lowest BCUT2D eigenvalue weighted by atomic mass is 10.1. The number of nitrogens with zero attached hydrogens (tertiary/aromatic N) is 6. The Hall–Kier alpha value is -5.21. The first-order valence-electron chi connectivity index (χ1n) is 19.9. The topological polar surface area (TPSA) is 143 Å². The summed E-state index contributed by atoms with van der Waals surface area (Å²) in [4.78, 5) is 72.3. The van der Waals surface area contributed by atoms with Crippen molar-refractivity contribution in [2.24, 2.45) is 5.73 Å². The number of rotatable bonds is 12. The minimum absolute atomic E-state index is 0.0601. The number of anilines is 2. The molecule has 0 radical (unpaired) electrons. The van der Waals surface area contributed by atoms with Gasteiger partial charge in [-0.1, -0.05) is 68.3 Å². The van der Waals surface area contributed by atoms with Gasteiger partial charge in [0.15, 0.2) is 11.6 Å². The lowest BCUT2D eigenvalue weighted by Crippen LogP contribution is -2.52. The van der Waals surface area contributed by atoms with Crippen molar-refractivity contribution in [1.29, 1.82) is 0 Å². The van der Waals surface area contributed by atoms with Crippen molar-refractivity contribution >= 4 is 72.8 Å². The summed E-state index contributed by atoms with van der Waals surface area (Å²) < 4.78 is 55.8. The highest BCUT2D eigenvalue weighted by atomic mass is 79.9. The molecule has 2 aliphatic heterocycles. The van der Waals surface area contributed by atoms with Crippen LogP contribution in [0.3, 0.4) is 0 Å². The average Bonchev–Trinajstić information content (AvgIpc) is 3.27. The van der Waals surface area contributed by atoms with E-state index in [0.717, 1.165) is 41.2 Å². The molecule has 0 unspecified atom stereocenters. The van der Waals surface area contributed by atoms with Crippen LogP contribution in [0.2, 0.25) is 0 Å². The molecule has 0 saturated carbocycles. The Bertz CT molecular complexity index is 2280. The number of halogens is 6. The largest absolute Gasteiger partial charge is 0.344 e. The molecule has 2 saturated heterocycles. The van der Waals surface area contributed by atoms with Gasteiger partial charge in [0.2, 0.25) is 0 Å². The number of hydrogen-bond acceptors (Lipinski definition) is 8. The molecule has 6 rings (SSSR count). The van der Waals surface area contributed by atoms with Crippen LogP contribution in [0.25, 0.3) is 0 Å². The minimum atomic E-state index is -3.24. The molecule has 0 atom stereocenters. The molecular formula is C44H48Br2F4N8O5. The maximum atomic E-state index is 14.9. The second-order valence-corrected chi connectivity index (χ2v) is 16.8. The lowest BCUT2D eigenvalue weighted by Gasteiger charge is -2.36. The van der Waals surface area contributed by atoms with E-state index in [1.165, 1.54) is 23.1 Å². The maximum Gasteiger partial charge on any atom is 0.324 e. The van der Waals surface area contributed by atoms with E-state index in [1.54, 1.807) is 50.3 Å². The van der Waals surface area contributed by atoms with E-state index in [1.807, 2.05) is 44.4 Å². The number of amides is 5. The molecule has 0 bridgehead atoms. The number of ketones is 2. The first-order valence-corrected chi connectivity index (χ1v) is 21.5. The van der Waals surface area contributed by atoms with E-state index in [0.29, 0.717) is 43.1 Å². The summed E-state index contributed by atoms with van der Waals surface area (Å²) in [6.07, 6.45) is -3.24. The summed E-state index contributed by atoms with van der Waals surface area (Å²) in [5, 5.41) is 1.80. The Morgan fingerprint density at radius 2 is 1.05 bits per heavy atom.